The molecule has 28 heavy (non-hydrogen) atoms. The molecule has 0 amide bonds. The van der Waals surface area contributed by atoms with Crippen molar-refractivity contribution in [3.8, 4) is 11.4 Å². The Kier molecular flexibility index (Phi) is 6.36. The minimum Gasteiger partial charge on any atom is -0.465 e. The van der Waals surface area contributed by atoms with Gasteiger partial charge in [-0.2, -0.15) is 0 Å². The fourth-order valence-electron chi connectivity index (χ4n) is 2.81. The molecule has 0 spiro atoms. The summed E-state index contributed by atoms with van der Waals surface area (Å²) in [5.41, 5.74) is 3.86. The number of carbonyl (C=O) groups is 1. The van der Waals surface area contributed by atoms with Gasteiger partial charge in [-0.15, -0.1) is 10.2 Å². The third-order valence-electron chi connectivity index (χ3n) is 4.42. The lowest BCUT2D eigenvalue weighted by Crippen LogP contribution is -2.08. The summed E-state index contributed by atoms with van der Waals surface area (Å²) in [6.07, 6.45) is 0. The highest BCUT2D eigenvalue weighted by molar-refractivity contribution is 7.98. The van der Waals surface area contributed by atoms with Crippen LogP contribution in [0.1, 0.15) is 22.8 Å². The third-order valence-corrected chi connectivity index (χ3v) is 5.46. The number of anilines is 1. The Bertz CT molecular complexity index is 934. The van der Waals surface area contributed by atoms with Gasteiger partial charge in [0.05, 0.1) is 12.7 Å². The minimum atomic E-state index is -0.324. The highest BCUT2D eigenvalue weighted by Crippen LogP contribution is 2.27. The molecule has 2 aromatic carbocycles. The van der Waals surface area contributed by atoms with Gasteiger partial charge in [0.15, 0.2) is 11.0 Å². The van der Waals surface area contributed by atoms with Crippen molar-refractivity contribution in [2.75, 3.05) is 26.1 Å². The second-order valence-corrected chi connectivity index (χ2v) is 7.41. The predicted octanol–water partition coefficient (Wildman–Crippen LogP) is 4.11. The van der Waals surface area contributed by atoms with Crippen LogP contribution < -0.4 is 4.90 Å². The second-order valence-electron chi connectivity index (χ2n) is 6.47. The quantitative estimate of drug-likeness (QED) is 0.442. The molecule has 0 radical (unpaired) electrons. The minimum absolute atomic E-state index is 0.324. The largest absolute Gasteiger partial charge is 0.465 e. The van der Waals surface area contributed by atoms with Crippen LogP contribution in [0.5, 0.6) is 0 Å². The molecule has 7 heteroatoms. The van der Waals surface area contributed by atoms with E-state index in [2.05, 4.69) is 50.9 Å². The molecule has 0 unspecified atom stereocenters. The van der Waals surface area contributed by atoms with Gasteiger partial charge in [0.25, 0.3) is 0 Å². The molecule has 6 nitrogen and oxygen atoms in total. The number of nitrogens with zero attached hydrogens (tertiary/aromatic N) is 4. The lowest BCUT2D eigenvalue weighted by Gasteiger charge is -2.13. The van der Waals surface area contributed by atoms with Crippen LogP contribution >= 0.6 is 11.8 Å². The van der Waals surface area contributed by atoms with Crippen molar-refractivity contribution < 1.29 is 9.53 Å². The number of aromatic nitrogens is 3. The molecule has 1 aromatic heterocycles. The van der Waals surface area contributed by atoms with Crippen LogP contribution in [0.25, 0.3) is 11.4 Å². The van der Waals surface area contributed by atoms with Gasteiger partial charge in [0, 0.05) is 37.6 Å². The van der Waals surface area contributed by atoms with E-state index in [1.54, 1.807) is 23.9 Å². The monoisotopic (exact) mass is 396 g/mol. The molecule has 0 N–H and O–H groups in total. The molecular formula is C21H24N4O2S. The summed E-state index contributed by atoms with van der Waals surface area (Å²) in [5.74, 6) is 1.30. The van der Waals surface area contributed by atoms with E-state index in [9.17, 15) is 4.79 Å². The number of rotatable bonds is 7. The van der Waals surface area contributed by atoms with Crippen LogP contribution in [0.3, 0.4) is 0 Å². The maximum atomic E-state index is 11.5. The summed E-state index contributed by atoms with van der Waals surface area (Å²) >= 11 is 1.63. The van der Waals surface area contributed by atoms with Crippen LogP contribution in [0.2, 0.25) is 0 Å². The van der Waals surface area contributed by atoms with Crippen molar-refractivity contribution in [1.29, 1.82) is 0 Å². The Morgan fingerprint density at radius 3 is 2.32 bits per heavy atom. The Balaban J connectivity index is 1.74. The second kappa shape index (κ2) is 8.93. The highest BCUT2D eigenvalue weighted by Gasteiger charge is 2.14. The van der Waals surface area contributed by atoms with Gasteiger partial charge in [-0.25, -0.2) is 4.79 Å². The lowest BCUT2D eigenvalue weighted by atomic mass is 10.1. The van der Waals surface area contributed by atoms with Gasteiger partial charge in [-0.3, -0.25) is 0 Å². The Labute approximate surface area is 169 Å². The first-order valence-electron chi connectivity index (χ1n) is 9.04. The molecule has 0 aliphatic heterocycles. The summed E-state index contributed by atoms with van der Waals surface area (Å²) in [6, 6.07) is 15.8. The van der Waals surface area contributed by atoms with Crippen LogP contribution in [-0.2, 0) is 17.0 Å². The zero-order chi connectivity index (χ0) is 20.1. The van der Waals surface area contributed by atoms with Gasteiger partial charge in [-0.1, -0.05) is 23.9 Å². The average Bonchev–Trinajstić information content (AvgIpc) is 3.15. The van der Waals surface area contributed by atoms with Gasteiger partial charge < -0.3 is 14.2 Å². The summed E-state index contributed by atoms with van der Waals surface area (Å²) in [5, 5.41) is 9.68. The molecule has 0 saturated carbocycles. The van der Waals surface area contributed by atoms with E-state index in [0.717, 1.165) is 40.1 Å². The van der Waals surface area contributed by atoms with E-state index in [4.69, 9.17) is 4.74 Å². The Morgan fingerprint density at radius 2 is 1.75 bits per heavy atom. The fourth-order valence-corrected chi connectivity index (χ4v) is 3.76. The molecule has 0 saturated heterocycles. The zero-order valence-electron chi connectivity index (χ0n) is 16.5. The number of benzene rings is 2. The smallest absolute Gasteiger partial charge is 0.337 e. The molecule has 0 bridgehead atoms. The SMILES string of the molecule is CCn1c(SCc2ccc(C(=O)OC)cc2)nnc1-c1ccc(N(C)C)cc1. The zero-order valence-corrected chi connectivity index (χ0v) is 17.4. The third kappa shape index (κ3) is 4.36. The summed E-state index contributed by atoms with van der Waals surface area (Å²) < 4.78 is 6.86. The van der Waals surface area contributed by atoms with Crippen LogP contribution in [-0.4, -0.2) is 41.9 Å². The molecule has 0 fully saturated rings. The first-order chi connectivity index (χ1) is 13.5. The van der Waals surface area contributed by atoms with Gasteiger partial charge in [0.2, 0.25) is 0 Å². The summed E-state index contributed by atoms with van der Waals surface area (Å²) in [6.45, 7) is 2.89. The van der Waals surface area contributed by atoms with Crippen molar-refractivity contribution in [2.45, 2.75) is 24.4 Å². The normalized spacial score (nSPS) is 10.7. The first-order valence-corrected chi connectivity index (χ1v) is 10.0. The molecular weight excluding hydrogens is 372 g/mol. The summed E-state index contributed by atoms with van der Waals surface area (Å²) in [4.78, 5) is 13.6. The van der Waals surface area contributed by atoms with Crippen molar-refractivity contribution >= 4 is 23.4 Å². The van der Waals surface area contributed by atoms with Crippen molar-refractivity contribution in [3.05, 3.63) is 59.7 Å². The van der Waals surface area contributed by atoms with Gasteiger partial charge in [-0.05, 0) is 48.9 Å². The number of thioether (sulfide) groups is 1. The molecule has 146 valence electrons. The van der Waals surface area contributed by atoms with Crippen molar-refractivity contribution in [1.82, 2.24) is 14.8 Å². The number of carbonyl (C=O) groups excluding carboxylic acids is 1. The van der Waals surface area contributed by atoms with E-state index >= 15 is 0 Å². The van der Waals surface area contributed by atoms with E-state index in [1.165, 1.54) is 7.11 Å². The van der Waals surface area contributed by atoms with E-state index in [0.29, 0.717) is 5.56 Å². The number of esters is 1. The van der Waals surface area contributed by atoms with Crippen molar-refractivity contribution in [2.24, 2.45) is 0 Å². The fraction of sp³-hybridized carbons (Fsp3) is 0.286. The molecule has 1 heterocycles. The van der Waals surface area contributed by atoms with E-state index < -0.39 is 0 Å². The average molecular weight is 397 g/mol. The predicted molar refractivity (Wildman–Crippen MR) is 113 cm³/mol. The topological polar surface area (TPSA) is 60.3 Å². The summed E-state index contributed by atoms with van der Waals surface area (Å²) in [7, 11) is 5.43. The molecule has 3 aromatic rings. The maximum Gasteiger partial charge on any atom is 0.337 e. The standard InChI is InChI=1S/C21H24N4O2S/c1-5-25-19(16-10-12-18(13-11-16)24(2)3)22-23-21(25)28-14-15-6-8-17(9-7-15)20(26)27-4/h6-13H,5,14H2,1-4H3. The Morgan fingerprint density at radius 1 is 1.07 bits per heavy atom. The number of ether oxygens (including phenoxy) is 1. The van der Waals surface area contributed by atoms with Gasteiger partial charge in [0.1, 0.15) is 0 Å². The molecule has 0 atom stereocenters. The first kappa shape index (κ1) is 19.9. The van der Waals surface area contributed by atoms with Crippen molar-refractivity contribution in [3.63, 3.8) is 0 Å². The molecule has 0 aliphatic carbocycles. The van der Waals surface area contributed by atoms with Crippen LogP contribution in [0.4, 0.5) is 5.69 Å². The van der Waals surface area contributed by atoms with Gasteiger partial charge >= 0.3 is 5.97 Å². The van der Waals surface area contributed by atoms with Crippen LogP contribution in [0.15, 0.2) is 53.7 Å². The van der Waals surface area contributed by atoms with Crippen LogP contribution in [0, 0.1) is 0 Å². The molecule has 0 aliphatic rings. The highest BCUT2D eigenvalue weighted by atomic mass is 32.2. The number of methoxy groups -OCH3 is 1. The Hall–Kier alpha value is -2.80. The number of hydrogen-bond acceptors (Lipinski definition) is 6. The number of hydrogen-bond donors (Lipinski definition) is 0. The maximum absolute atomic E-state index is 11.5. The van der Waals surface area contributed by atoms with E-state index in [-0.39, 0.29) is 5.97 Å². The lowest BCUT2D eigenvalue weighted by molar-refractivity contribution is 0.0600. The molecule has 3 rings (SSSR count). The van der Waals surface area contributed by atoms with E-state index in [1.807, 2.05) is 26.2 Å².